The molecule has 0 fully saturated rings. The second-order valence-electron chi connectivity index (χ2n) is 6.85. The Morgan fingerprint density at radius 3 is 2.20 bits per heavy atom. The van der Waals surface area contributed by atoms with Gasteiger partial charge in [-0.15, -0.1) is 0 Å². The minimum absolute atomic E-state index is 0.146. The number of ether oxygens (including phenoxy) is 1. The predicted octanol–water partition coefficient (Wildman–Crippen LogP) is 2.30. The van der Waals surface area contributed by atoms with Crippen LogP contribution >= 0.6 is 0 Å². The smallest absolute Gasteiger partial charge is 0.328 e. The third kappa shape index (κ3) is 7.27. The van der Waals surface area contributed by atoms with Crippen LogP contribution in [0.1, 0.15) is 24.5 Å². The maximum atomic E-state index is 13.2. The van der Waals surface area contributed by atoms with E-state index < -0.39 is 41.5 Å². The number of nitrogens with one attached hydrogen (secondary N) is 2. The molecule has 0 aromatic heterocycles. The third-order valence-electron chi connectivity index (χ3n) is 4.42. The van der Waals surface area contributed by atoms with Crippen molar-refractivity contribution in [2.45, 2.75) is 38.3 Å². The van der Waals surface area contributed by atoms with Gasteiger partial charge < -0.3 is 15.4 Å². The molecule has 6 nitrogen and oxygen atoms in total. The number of hydrogen-bond donors (Lipinski definition) is 2. The summed E-state index contributed by atoms with van der Waals surface area (Å²) >= 11 is 0. The molecule has 2 N–H and O–H groups in total. The fraction of sp³-hybridized carbons (Fsp3) is 0.318. The number of benzene rings is 2. The SMILES string of the molecule is COC(=O)[C@H](CCc1ccccc1)NC(=O)[C@H](C)NC(=O)Cc1cc(F)cc(F)c1. The number of carbonyl (C=O) groups excluding carboxylic acids is 3. The van der Waals surface area contributed by atoms with Crippen LogP contribution < -0.4 is 10.6 Å². The molecule has 2 aromatic rings. The fourth-order valence-corrected chi connectivity index (χ4v) is 2.90. The number of amides is 2. The van der Waals surface area contributed by atoms with Crippen molar-refractivity contribution in [2.75, 3.05) is 7.11 Å². The van der Waals surface area contributed by atoms with Gasteiger partial charge in [-0.05, 0) is 43.0 Å². The normalized spacial score (nSPS) is 12.5. The number of carbonyl (C=O) groups is 3. The minimum Gasteiger partial charge on any atom is -0.467 e. The maximum Gasteiger partial charge on any atom is 0.328 e. The first-order valence-electron chi connectivity index (χ1n) is 9.45. The van der Waals surface area contributed by atoms with Gasteiger partial charge in [0.2, 0.25) is 11.8 Å². The highest BCUT2D eigenvalue weighted by Crippen LogP contribution is 2.09. The van der Waals surface area contributed by atoms with Crippen molar-refractivity contribution in [1.82, 2.24) is 10.6 Å². The Balaban J connectivity index is 1.91. The molecule has 0 aliphatic rings. The van der Waals surface area contributed by atoms with Gasteiger partial charge in [-0.1, -0.05) is 30.3 Å². The van der Waals surface area contributed by atoms with Crippen LogP contribution in [0.5, 0.6) is 0 Å². The van der Waals surface area contributed by atoms with Gasteiger partial charge in [-0.25, -0.2) is 13.6 Å². The van der Waals surface area contributed by atoms with Crippen LogP contribution in [0, 0.1) is 11.6 Å². The zero-order valence-electron chi connectivity index (χ0n) is 16.8. The first kappa shape index (κ1) is 23.0. The van der Waals surface area contributed by atoms with Gasteiger partial charge in [0, 0.05) is 6.07 Å². The first-order chi connectivity index (χ1) is 14.3. The van der Waals surface area contributed by atoms with Crippen LogP contribution in [-0.4, -0.2) is 37.0 Å². The van der Waals surface area contributed by atoms with E-state index in [9.17, 15) is 23.2 Å². The van der Waals surface area contributed by atoms with Gasteiger partial charge in [0.05, 0.1) is 13.5 Å². The number of rotatable bonds is 9. The number of halogens is 2. The van der Waals surface area contributed by atoms with Crippen molar-refractivity contribution in [1.29, 1.82) is 0 Å². The lowest BCUT2D eigenvalue weighted by Crippen LogP contribution is -2.51. The van der Waals surface area contributed by atoms with Gasteiger partial charge in [0.25, 0.3) is 0 Å². The number of hydrogen-bond acceptors (Lipinski definition) is 4. The van der Waals surface area contributed by atoms with E-state index in [0.29, 0.717) is 18.9 Å². The summed E-state index contributed by atoms with van der Waals surface area (Å²) in [5.41, 5.74) is 1.15. The van der Waals surface area contributed by atoms with Gasteiger partial charge >= 0.3 is 5.97 Å². The molecule has 30 heavy (non-hydrogen) atoms. The van der Waals surface area contributed by atoms with E-state index in [1.807, 2.05) is 30.3 Å². The molecule has 2 rings (SSSR count). The maximum absolute atomic E-state index is 13.2. The highest BCUT2D eigenvalue weighted by atomic mass is 19.1. The molecule has 0 spiro atoms. The van der Waals surface area contributed by atoms with Crippen LogP contribution in [0.15, 0.2) is 48.5 Å². The van der Waals surface area contributed by atoms with E-state index in [1.54, 1.807) is 0 Å². The monoisotopic (exact) mass is 418 g/mol. The summed E-state index contributed by atoms with van der Waals surface area (Å²) in [5.74, 6) is -3.32. The second-order valence-corrected chi connectivity index (χ2v) is 6.85. The Morgan fingerprint density at radius 1 is 0.967 bits per heavy atom. The summed E-state index contributed by atoms with van der Waals surface area (Å²) in [6.45, 7) is 1.45. The number of esters is 1. The van der Waals surface area contributed by atoms with E-state index in [1.165, 1.54) is 14.0 Å². The van der Waals surface area contributed by atoms with E-state index in [4.69, 9.17) is 4.74 Å². The third-order valence-corrected chi connectivity index (χ3v) is 4.42. The molecule has 160 valence electrons. The van der Waals surface area contributed by atoms with E-state index in [-0.39, 0.29) is 12.0 Å². The van der Waals surface area contributed by atoms with Crippen molar-refractivity contribution < 1.29 is 27.9 Å². The largest absolute Gasteiger partial charge is 0.467 e. The minimum atomic E-state index is -0.959. The van der Waals surface area contributed by atoms with Crippen LogP contribution in [0.2, 0.25) is 0 Å². The van der Waals surface area contributed by atoms with Crippen molar-refractivity contribution in [3.8, 4) is 0 Å². The molecule has 2 atom stereocenters. The Hall–Kier alpha value is -3.29. The highest BCUT2D eigenvalue weighted by molar-refractivity contribution is 5.90. The molecule has 8 heteroatoms. The van der Waals surface area contributed by atoms with Crippen LogP contribution in [0.4, 0.5) is 8.78 Å². The lowest BCUT2D eigenvalue weighted by atomic mass is 10.0. The average Bonchev–Trinajstić information content (AvgIpc) is 2.70. The summed E-state index contributed by atoms with van der Waals surface area (Å²) in [6.07, 6.45) is 0.583. The Bertz CT molecular complexity index is 870. The van der Waals surface area contributed by atoms with Gasteiger partial charge in [0.15, 0.2) is 0 Å². The van der Waals surface area contributed by atoms with Crippen molar-refractivity contribution in [3.63, 3.8) is 0 Å². The lowest BCUT2D eigenvalue weighted by molar-refractivity contribution is -0.145. The van der Waals surface area contributed by atoms with E-state index in [2.05, 4.69) is 10.6 Å². The summed E-state index contributed by atoms with van der Waals surface area (Å²) in [4.78, 5) is 36.6. The molecular weight excluding hydrogens is 394 g/mol. The lowest BCUT2D eigenvalue weighted by Gasteiger charge is -2.20. The topological polar surface area (TPSA) is 84.5 Å². The average molecular weight is 418 g/mol. The summed E-state index contributed by atoms with van der Waals surface area (Å²) in [5, 5.41) is 5.03. The van der Waals surface area contributed by atoms with E-state index in [0.717, 1.165) is 17.7 Å². The zero-order valence-corrected chi connectivity index (χ0v) is 16.8. The highest BCUT2D eigenvalue weighted by Gasteiger charge is 2.25. The first-order valence-corrected chi connectivity index (χ1v) is 9.45. The molecule has 0 saturated carbocycles. The van der Waals surface area contributed by atoms with Gasteiger partial charge in [-0.2, -0.15) is 0 Å². The molecule has 0 aliphatic heterocycles. The quantitative estimate of drug-likeness (QED) is 0.612. The Labute approximate surface area is 173 Å². The molecule has 0 saturated heterocycles. The molecule has 2 amide bonds. The Morgan fingerprint density at radius 2 is 1.60 bits per heavy atom. The molecule has 0 unspecified atom stereocenters. The fourth-order valence-electron chi connectivity index (χ4n) is 2.90. The van der Waals surface area contributed by atoms with Crippen LogP contribution in [-0.2, 0) is 32.0 Å². The van der Waals surface area contributed by atoms with E-state index >= 15 is 0 Å². The van der Waals surface area contributed by atoms with Crippen molar-refractivity contribution in [2.24, 2.45) is 0 Å². The molecule has 0 radical (unpaired) electrons. The van der Waals surface area contributed by atoms with Crippen LogP contribution in [0.3, 0.4) is 0 Å². The van der Waals surface area contributed by atoms with Crippen molar-refractivity contribution in [3.05, 3.63) is 71.3 Å². The Kier molecular flexibility index (Phi) is 8.46. The number of aryl methyl sites for hydroxylation is 1. The van der Waals surface area contributed by atoms with Crippen molar-refractivity contribution >= 4 is 17.8 Å². The molecule has 0 aliphatic carbocycles. The molecule has 0 heterocycles. The summed E-state index contributed by atoms with van der Waals surface area (Å²) in [7, 11) is 1.23. The second kappa shape index (κ2) is 11.0. The molecule has 0 bridgehead atoms. The molecule has 2 aromatic carbocycles. The standard InChI is InChI=1S/C22H24F2N2O4/c1-14(25-20(27)12-16-10-17(23)13-18(24)11-16)21(28)26-19(22(29)30-2)9-8-15-6-4-3-5-7-15/h3-7,10-11,13-14,19H,8-9,12H2,1-2H3,(H,25,27)(H,26,28)/t14-,19-/m0/s1. The van der Waals surface area contributed by atoms with Gasteiger partial charge in [0.1, 0.15) is 23.7 Å². The number of methoxy groups -OCH3 is 1. The summed E-state index contributed by atoms with van der Waals surface area (Å²) < 4.78 is 31.2. The summed E-state index contributed by atoms with van der Waals surface area (Å²) in [6, 6.07) is 10.4. The molecular formula is C22H24F2N2O4. The van der Waals surface area contributed by atoms with Crippen LogP contribution in [0.25, 0.3) is 0 Å². The zero-order chi connectivity index (χ0) is 22.1. The van der Waals surface area contributed by atoms with Gasteiger partial charge in [-0.3, -0.25) is 9.59 Å². The predicted molar refractivity (Wildman–Crippen MR) is 106 cm³/mol.